The van der Waals surface area contributed by atoms with Crippen LogP contribution >= 0.6 is 11.6 Å². The summed E-state index contributed by atoms with van der Waals surface area (Å²) in [5.74, 6) is 0.575. The molecule has 1 rings (SSSR count). The third kappa shape index (κ3) is 3.49. The van der Waals surface area contributed by atoms with Crippen molar-refractivity contribution in [3.05, 3.63) is 24.3 Å². The number of benzene rings is 1. The number of anilines is 1. The van der Waals surface area contributed by atoms with E-state index in [1.807, 2.05) is 0 Å². The van der Waals surface area contributed by atoms with Crippen LogP contribution in [0.25, 0.3) is 0 Å². The summed E-state index contributed by atoms with van der Waals surface area (Å²) < 4.78 is 5.05. The van der Waals surface area contributed by atoms with Gasteiger partial charge in [0.2, 0.25) is 5.71 Å². The maximum Gasteiger partial charge on any atom is 0.237 e. The van der Waals surface area contributed by atoms with Gasteiger partial charge in [-0.25, -0.2) is 0 Å². The molecule has 0 aliphatic heterocycles. The Bertz CT molecular complexity index is 456. The van der Waals surface area contributed by atoms with Crippen LogP contribution in [0.1, 0.15) is 0 Å². The molecule has 1 N–H and O–H groups in total. The molecule has 6 heteroatoms. The second-order valence-electron chi connectivity index (χ2n) is 2.58. The molecular formula is C10H7ClN4O. The standard InChI is InChI=1S/C10H7ClN4O/c11-7-16-10-3-1-2-8(4-10)14-15-9(5-12)6-13/h1-4,14H,7H2. The van der Waals surface area contributed by atoms with E-state index in [-0.39, 0.29) is 11.8 Å². The minimum absolute atomic E-state index is 0.0500. The fraction of sp³-hybridized carbons (Fsp3) is 0.100. The lowest BCUT2D eigenvalue weighted by Gasteiger charge is -2.04. The average molecular weight is 235 g/mol. The topological polar surface area (TPSA) is 81.2 Å². The minimum atomic E-state index is -0.247. The van der Waals surface area contributed by atoms with Crippen LogP contribution in [0.2, 0.25) is 0 Å². The average Bonchev–Trinajstić information content (AvgIpc) is 2.31. The van der Waals surface area contributed by atoms with Crippen molar-refractivity contribution >= 4 is 23.0 Å². The van der Waals surface area contributed by atoms with Crippen LogP contribution in [0.4, 0.5) is 5.69 Å². The third-order valence-electron chi connectivity index (χ3n) is 1.56. The molecule has 0 aliphatic rings. The van der Waals surface area contributed by atoms with E-state index in [1.165, 1.54) is 0 Å². The fourth-order valence-corrected chi connectivity index (χ4v) is 1.04. The van der Waals surface area contributed by atoms with Gasteiger partial charge in [0.25, 0.3) is 0 Å². The molecule has 0 unspecified atom stereocenters. The molecule has 0 aliphatic carbocycles. The molecule has 0 spiro atoms. The van der Waals surface area contributed by atoms with E-state index in [0.717, 1.165) is 0 Å². The molecule has 0 aromatic heterocycles. The van der Waals surface area contributed by atoms with Gasteiger partial charge in [0.05, 0.1) is 5.69 Å². The summed E-state index contributed by atoms with van der Waals surface area (Å²) in [7, 11) is 0. The highest BCUT2D eigenvalue weighted by atomic mass is 35.5. The van der Waals surface area contributed by atoms with Gasteiger partial charge in [0.1, 0.15) is 17.9 Å². The number of nitrogens with zero attached hydrogens (tertiary/aromatic N) is 3. The van der Waals surface area contributed by atoms with Crippen LogP contribution in [0.15, 0.2) is 29.4 Å². The molecule has 0 bridgehead atoms. The number of nitrogens with one attached hydrogen (secondary N) is 1. The van der Waals surface area contributed by atoms with E-state index in [4.69, 9.17) is 26.9 Å². The largest absolute Gasteiger partial charge is 0.478 e. The molecule has 0 saturated carbocycles. The fourth-order valence-electron chi connectivity index (χ4n) is 0.914. The van der Waals surface area contributed by atoms with Gasteiger partial charge in [-0.1, -0.05) is 17.7 Å². The summed E-state index contributed by atoms with van der Waals surface area (Å²) >= 11 is 5.40. The Balaban J connectivity index is 2.76. The Labute approximate surface area is 97.5 Å². The lowest BCUT2D eigenvalue weighted by molar-refractivity contribution is 0.388. The molecule has 1 aromatic rings. The van der Waals surface area contributed by atoms with Crippen LogP contribution < -0.4 is 10.2 Å². The number of hydrogen-bond donors (Lipinski definition) is 1. The minimum Gasteiger partial charge on any atom is -0.478 e. The van der Waals surface area contributed by atoms with Gasteiger partial charge >= 0.3 is 0 Å². The first kappa shape index (κ1) is 11.8. The number of nitriles is 2. The third-order valence-corrected chi connectivity index (χ3v) is 1.67. The van der Waals surface area contributed by atoms with E-state index < -0.39 is 0 Å². The SMILES string of the molecule is N#CC(C#N)=NNc1cccc(OCCl)c1. The monoisotopic (exact) mass is 234 g/mol. The highest BCUT2D eigenvalue weighted by molar-refractivity contribution is 6.17. The summed E-state index contributed by atoms with van der Waals surface area (Å²) in [4.78, 5) is 0. The van der Waals surface area contributed by atoms with Crippen molar-refractivity contribution < 1.29 is 4.74 Å². The highest BCUT2D eigenvalue weighted by Crippen LogP contribution is 2.17. The summed E-state index contributed by atoms with van der Waals surface area (Å²) in [5, 5.41) is 20.5. The smallest absolute Gasteiger partial charge is 0.237 e. The first-order chi connectivity index (χ1) is 7.80. The van der Waals surface area contributed by atoms with Gasteiger partial charge in [-0.3, -0.25) is 5.43 Å². The quantitative estimate of drug-likeness (QED) is 0.491. The molecule has 16 heavy (non-hydrogen) atoms. The normalized spacial score (nSPS) is 8.44. The lowest BCUT2D eigenvalue weighted by atomic mass is 10.3. The first-order valence-electron chi connectivity index (χ1n) is 4.23. The second-order valence-corrected chi connectivity index (χ2v) is 2.80. The number of halogens is 1. The predicted octanol–water partition coefficient (Wildman–Crippen LogP) is 2.08. The Hall–Kier alpha value is -2.24. The van der Waals surface area contributed by atoms with Gasteiger partial charge in [0.15, 0.2) is 6.07 Å². The Morgan fingerprint density at radius 3 is 2.81 bits per heavy atom. The van der Waals surface area contributed by atoms with Crippen molar-refractivity contribution in [3.63, 3.8) is 0 Å². The number of rotatable bonds is 4. The Morgan fingerprint density at radius 2 is 2.19 bits per heavy atom. The summed E-state index contributed by atoms with van der Waals surface area (Å²) in [5.41, 5.74) is 2.92. The van der Waals surface area contributed by atoms with Gasteiger partial charge in [-0.05, 0) is 12.1 Å². The van der Waals surface area contributed by atoms with Gasteiger partial charge < -0.3 is 4.74 Å². The summed E-state index contributed by atoms with van der Waals surface area (Å²) in [6, 6.07) is 10.2. The van der Waals surface area contributed by atoms with Crippen molar-refractivity contribution in [1.29, 1.82) is 10.5 Å². The molecule has 0 radical (unpaired) electrons. The van der Waals surface area contributed by atoms with E-state index in [0.29, 0.717) is 11.4 Å². The van der Waals surface area contributed by atoms with Crippen LogP contribution in [0, 0.1) is 22.7 Å². The van der Waals surface area contributed by atoms with Crippen molar-refractivity contribution in [2.45, 2.75) is 0 Å². The van der Waals surface area contributed by atoms with Crippen LogP contribution in [0.5, 0.6) is 5.75 Å². The van der Waals surface area contributed by atoms with Crippen LogP contribution in [0.3, 0.4) is 0 Å². The number of alkyl halides is 1. The van der Waals surface area contributed by atoms with E-state index in [2.05, 4.69) is 10.5 Å². The second kappa shape index (κ2) is 6.28. The van der Waals surface area contributed by atoms with Crippen LogP contribution in [-0.4, -0.2) is 11.8 Å². The Kier molecular flexibility index (Phi) is 4.65. The van der Waals surface area contributed by atoms with Crippen molar-refractivity contribution in [2.75, 3.05) is 11.5 Å². The van der Waals surface area contributed by atoms with Crippen molar-refractivity contribution in [1.82, 2.24) is 0 Å². The lowest BCUT2D eigenvalue weighted by Crippen LogP contribution is -1.97. The highest BCUT2D eigenvalue weighted by Gasteiger charge is 1.96. The van der Waals surface area contributed by atoms with Crippen molar-refractivity contribution in [2.24, 2.45) is 5.10 Å². The van der Waals surface area contributed by atoms with E-state index in [9.17, 15) is 0 Å². The summed E-state index contributed by atoms with van der Waals surface area (Å²) in [6.07, 6.45) is 0. The molecule has 5 nitrogen and oxygen atoms in total. The molecular weight excluding hydrogens is 228 g/mol. The number of ether oxygens (including phenoxy) is 1. The molecule has 0 amide bonds. The van der Waals surface area contributed by atoms with Crippen LogP contribution in [-0.2, 0) is 0 Å². The molecule has 0 saturated heterocycles. The first-order valence-corrected chi connectivity index (χ1v) is 4.76. The zero-order valence-electron chi connectivity index (χ0n) is 8.14. The van der Waals surface area contributed by atoms with E-state index in [1.54, 1.807) is 36.4 Å². The van der Waals surface area contributed by atoms with E-state index >= 15 is 0 Å². The Morgan fingerprint density at radius 1 is 1.44 bits per heavy atom. The molecule has 0 fully saturated rings. The zero-order chi connectivity index (χ0) is 11.8. The van der Waals surface area contributed by atoms with Gasteiger partial charge in [-0.2, -0.15) is 15.6 Å². The zero-order valence-corrected chi connectivity index (χ0v) is 8.90. The summed E-state index contributed by atoms with van der Waals surface area (Å²) in [6.45, 7) is 0. The maximum atomic E-state index is 8.46. The molecule has 0 atom stereocenters. The molecule has 80 valence electrons. The number of hydrazone groups is 1. The predicted molar refractivity (Wildman–Crippen MR) is 60.1 cm³/mol. The van der Waals surface area contributed by atoms with Crippen molar-refractivity contribution in [3.8, 4) is 17.9 Å². The molecule has 0 heterocycles. The number of hydrogen-bond acceptors (Lipinski definition) is 5. The maximum absolute atomic E-state index is 8.46. The van der Waals surface area contributed by atoms with Gasteiger partial charge in [-0.15, -0.1) is 0 Å². The van der Waals surface area contributed by atoms with Gasteiger partial charge in [0, 0.05) is 6.07 Å². The molecule has 1 aromatic carbocycles.